The number of carbonyl (C=O) groups excluding carboxylic acids is 3. The van der Waals surface area contributed by atoms with E-state index in [1.165, 1.54) is 5.32 Å². The maximum atomic E-state index is 14.2. The molecule has 1 aliphatic rings. The largest absolute Gasteiger partial charge is 0.326 e. The van der Waals surface area contributed by atoms with Gasteiger partial charge >= 0.3 is 6.43 Å². The van der Waals surface area contributed by atoms with Gasteiger partial charge in [0, 0.05) is 17.7 Å². The van der Waals surface area contributed by atoms with Crippen LogP contribution in [0.5, 0.6) is 0 Å². The van der Waals surface area contributed by atoms with Gasteiger partial charge in [-0.2, -0.15) is 8.78 Å². The SMILES string of the molecule is CC1[C@H](C(=O)Nc2ccc(F)c(C(=O)Nc3cc(NC(=O)C(F)F)c(F)cc3F)c2)C1(Cl)Cl. The molecule has 13 heteroatoms. The quantitative estimate of drug-likeness (QED) is 0.380. The lowest BCUT2D eigenvalue weighted by atomic mass is 10.1. The minimum absolute atomic E-state index is 0.0132. The number of hydrogen-bond donors (Lipinski definition) is 3. The van der Waals surface area contributed by atoms with Gasteiger partial charge < -0.3 is 16.0 Å². The van der Waals surface area contributed by atoms with Gasteiger partial charge in [0.2, 0.25) is 5.91 Å². The summed E-state index contributed by atoms with van der Waals surface area (Å²) in [6.07, 6.45) is -3.47. The van der Waals surface area contributed by atoms with Crippen LogP contribution >= 0.6 is 23.2 Å². The molecule has 0 bridgehead atoms. The number of hydrogen-bond acceptors (Lipinski definition) is 3. The van der Waals surface area contributed by atoms with Crippen molar-refractivity contribution in [2.24, 2.45) is 11.8 Å². The zero-order chi connectivity index (χ0) is 24.7. The Morgan fingerprint density at radius 2 is 1.48 bits per heavy atom. The third-order valence-electron chi connectivity index (χ3n) is 4.93. The van der Waals surface area contributed by atoms with Crippen molar-refractivity contribution < 1.29 is 36.3 Å². The highest BCUT2D eigenvalue weighted by Crippen LogP contribution is 2.59. The smallest absolute Gasteiger partial charge is 0.315 e. The van der Waals surface area contributed by atoms with Crippen molar-refractivity contribution in [1.29, 1.82) is 0 Å². The van der Waals surface area contributed by atoms with E-state index >= 15 is 0 Å². The van der Waals surface area contributed by atoms with Gasteiger partial charge in [-0.15, -0.1) is 23.2 Å². The molecular formula is C20H14Cl2F5N3O3. The summed E-state index contributed by atoms with van der Waals surface area (Å²) in [7, 11) is 0. The van der Waals surface area contributed by atoms with Crippen LogP contribution in [0.25, 0.3) is 0 Å². The van der Waals surface area contributed by atoms with E-state index in [1.54, 1.807) is 6.92 Å². The van der Waals surface area contributed by atoms with E-state index in [2.05, 4.69) is 5.32 Å². The molecule has 3 rings (SSSR count). The van der Waals surface area contributed by atoms with Crippen LogP contribution in [0.2, 0.25) is 0 Å². The van der Waals surface area contributed by atoms with Crippen LogP contribution in [0.3, 0.4) is 0 Å². The van der Waals surface area contributed by atoms with Gasteiger partial charge in [0.1, 0.15) is 21.8 Å². The average molecular weight is 510 g/mol. The maximum absolute atomic E-state index is 14.2. The molecular weight excluding hydrogens is 496 g/mol. The normalized spacial score (nSPS) is 18.6. The fourth-order valence-electron chi connectivity index (χ4n) is 3.00. The molecule has 2 aromatic rings. The van der Waals surface area contributed by atoms with E-state index in [0.29, 0.717) is 6.07 Å². The number of halogens is 7. The van der Waals surface area contributed by atoms with Crippen molar-refractivity contribution in [1.82, 2.24) is 0 Å². The molecule has 33 heavy (non-hydrogen) atoms. The second-order valence-electron chi connectivity index (χ2n) is 7.18. The Morgan fingerprint density at radius 3 is 2.03 bits per heavy atom. The van der Waals surface area contributed by atoms with Crippen LogP contribution in [-0.4, -0.2) is 28.5 Å². The van der Waals surface area contributed by atoms with Crippen LogP contribution in [0, 0.1) is 29.3 Å². The fourth-order valence-corrected chi connectivity index (χ4v) is 3.70. The first-order valence-corrected chi connectivity index (χ1v) is 9.96. The molecule has 0 saturated heterocycles. The summed E-state index contributed by atoms with van der Waals surface area (Å²) in [5.41, 5.74) is -2.16. The van der Waals surface area contributed by atoms with E-state index in [9.17, 15) is 36.3 Å². The molecule has 1 saturated carbocycles. The predicted octanol–water partition coefficient (Wildman–Crippen LogP) is 4.94. The molecule has 3 amide bonds. The molecule has 3 N–H and O–H groups in total. The third-order valence-corrected chi connectivity index (χ3v) is 6.09. The first-order valence-electron chi connectivity index (χ1n) is 9.20. The van der Waals surface area contributed by atoms with Crippen molar-refractivity contribution >= 4 is 58.0 Å². The minimum atomic E-state index is -3.47. The Bertz CT molecular complexity index is 1150. The molecule has 6 nitrogen and oxygen atoms in total. The molecule has 0 radical (unpaired) electrons. The first-order chi connectivity index (χ1) is 15.3. The van der Waals surface area contributed by atoms with Gasteiger partial charge in [0.05, 0.1) is 22.9 Å². The fraction of sp³-hybridized carbons (Fsp3) is 0.250. The van der Waals surface area contributed by atoms with E-state index < -0.39 is 68.8 Å². The number of anilines is 3. The van der Waals surface area contributed by atoms with Crippen molar-refractivity contribution in [3.8, 4) is 0 Å². The summed E-state index contributed by atoms with van der Waals surface area (Å²) in [6.45, 7) is 1.66. The number of rotatable bonds is 6. The lowest BCUT2D eigenvalue weighted by Crippen LogP contribution is -2.21. The lowest BCUT2D eigenvalue weighted by molar-refractivity contribution is -0.126. The van der Waals surface area contributed by atoms with Crippen LogP contribution in [0.1, 0.15) is 17.3 Å². The molecule has 0 spiro atoms. The van der Waals surface area contributed by atoms with Crippen LogP contribution < -0.4 is 16.0 Å². The third kappa shape index (κ3) is 5.19. The molecule has 1 fully saturated rings. The van der Waals surface area contributed by atoms with Gasteiger partial charge in [0.25, 0.3) is 11.8 Å². The zero-order valence-electron chi connectivity index (χ0n) is 16.5. The van der Waals surface area contributed by atoms with Crippen LogP contribution in [-0.2, 0) is 9.59 Å². The highest BCUT2D eigenvalue weighted by Gasteiger charge is 2.64. The van der Waals surface area contributed by atoms with Gasteiger partial charge in [-0.1, -0.05) is 6.92 Å². The average Bonchev–Trinajstić information content (AvgIpc) is 3.23. The van der Waals surface area contributed by atoms with E-state index in [-0.39, 0.29) is 17.7 Å². The molecule has 176 valence electrons. The number of alkyl halides is 4. The number of amides is 3. The molecule has 0 aromatic heterocycles. The van der Waals surface area contributed by atoms with Crippen molar-refractivity contribution in [2.75, 3.05) is 16.0 Å². The first kappa shape index (κ1) is 24.7. The van der Waals surface area contributed by atoms with Crippen molar-refractivity contribution in [3.05, 3.63) is 53.3 Å². The number of nitrogens with one attached hydrogen (secondary N) is 3. The Balaban J connectivity index is 1.79. The molecule has 0 aliphatic heterocycles. The van der Waals surface area contributed by atoms with Gasteiger partial charge in [-0.05, 0) is 24.3 Å². The zero-order valence-corrected chi connectivity index (χ0v) is 18.0. The Morgan fingerprint density at radius 1 is 0.909 bits per heavy atom. The molecule has 1 unspecified atom stereocenters. The molecule has 2 atom stereocenters. The molecule has 2 aromatic carbocycles. The summed E-state index contributed by atoms with van der Waals surface area (Å²) < 4.78 is 65.6. The second kappa shape index (κ2) is 9.14. The topological polar surface area (TPSA) is 87.3 Å². The van der Waals surface area contributed by atoms with E-state index in [4.69, 9.17) is 23.2 Å². The summed E-state index contributed by atoms with van der Waals surface area (Å²) in [5.74, 6) is -8.40. The Hall–Kier alpha value is -2.92. The van der Waals surface area contributed by atoms with Crippen LogP contribution in [0.15, 0.2) is 30.3 Å². The lowest BCUT2D eigenvalue weighted by Gasteiger charge is -2.12. The predicted molar refractivity (Wildman–Crippen MR) is 111 cm³/mol. The summed E-state index contributed by atoms with van der Waals surface area (Å²) in [5, 5.41) is 5.93. The number of benzene rings is 2. The Kier molecular flexibility index (Phi) is 6.85. The van der Waals surface area contributed by atoms with Crippen molar-refractivity contribution in [2.45, 2.75) is 17.7 Å². The summed E-state index contributed by atoms with van der Waals surface area (Å²) >= 11 is 11.9. The highest BCUT2D eigenvalue weighted by atomic mass is 35.5. The number of carbonyl (C=O) groups is 3. The summed E-state index contributed by atoms with van der Waals surface area (Å²) in [6, 6.07) is 3.79. The molecule has 1 aliphatic carbocycles. The summed E-state index contributed by atoms with van der Waals surface area (Å²) in [4.78, 5) is 35.8. The monoisotopic (exact) mass is 509 g/mol. The van der Waals surface area contributed by atoms with Gasteiger partial charge in [-0.3, -0.25) is 14.4 Å². The van der Waals surface area contributed by atoms with Gasteiger partial charge in [0.15, 0.2) is 0 Å². The minimum Gasteiger partial charge on any atom is -0.326 e. The Labute approximate surface area is 193 Å². The molecule has 0 heterocycles. The van der Waals surface area contributed by atoms with Gasteiger partial charge in [-0.25, -0.2) is 13.2 Å². The van der Waals surface area contributed by atoms with E-state index in [0.717, 1.165) is 18.2 Å². The highest BCUT2D eigenvalue weighted by molar-refractivity contribution is 6.53. The standard InChI is InChI=1S/C20H14Cl2F5N3O3/c1-7-15(20(7,21)22)18(32)28-8-2-3-10(23)9(4-8)17(31)29-13-6-14(12(25)5-11(13)24)30-19(33)16(26)27/h2-7,15-16H,1H3,(H,28,32)(H,29,31)(H,30,33)/t7?,15-/m1/s1. The van der Waals surface area contributed by atoms with Crippen LogP contribution in [0.4, 0.5) is 39.0 Å². The van der Waals surface area contributed by atoms with E-state index in [1.807, 2.05) is 5.32 Å². The van der Waals surface area contributed by atoms with Crippen molar-refractivity contribution in [3.63, 3.8) is 0 Å². The second-order valence-corrected chi connectivity index (χ2v) is 8.63. The maximum Gasteiger partial charge on any atom is 0.315 e.